The zero-order valence-electron chi connectivity index (χ0n) is 34.1. The average Bonchev–Trinajstić information content (AvgIpc) is 3.07. The van der Waals surface area contributed by atoms with Gasteiger partial charge in [-0.3, -0.25) is 9.80 Å². The summed E-state index contributed by atoms with van der Waals surface area (Å²) in [6, 6.07) is 7.49. The highest BCUT2D eigenvalue weighted by atomic mass is 19.1. The van der Waals surface area contributed by atoms with Gasteiger partial charge in [-0.15, -0.1) is 0 Å². The zero-order chi connectivity index (χ0) is 38.1. The predicted molar refractivity (Wildman–Crippen MR) is 211 cm³/mol. The minimum absolute atomic E-state index is 0.0478. The van der Waals surface area contributed by atoms with Crippen LogP contribution in [0.5, 0.6) is 0 Å². The maximum Gasteiger partial charge on any atom is 0.229 e. The van der Waals surface area contributed by atoms with Gasteiger partial charge in [0.05, 0.1) is 6.20 Å². The molecule has 6 nitrogen and oxygen atoms in total. The van der Waals surface area contributed by atoms with Crippen LogP contribution in [0.3, 0.4) is 0 Å². The number of rotatable bonds is 7. The lowest BCUT2D eigenvalue weighted by molar-refractivity contribution is 0.104. The Kier molecular flexibility index (Phi) is 27.3. The van der Waals surface area contributed by atoms with E-state index >= 15 is 0 Å². The maximum absolute atomic E-state index is 14.4. The van der Waals surface area contributed by atoms with Gasteiger partial charge in [-0.2, -0.15) is 0 Å². The summed E-state index contributed by atoms with van der Waals surface area (Å²) < 4.78 is 28.6. The normalized spacial score (nSPS) is 12.6. The molecule has 1 aliphatic rings. The number of nitrogens with zero attached hydrogens (tertiary/aromatic N) is 5. The van der Waals surface area contributed by atoms with E-state index in [1.165, 1.54) is 18.9 Å². The van der Waals surface area contributed by atoms with Gasteiger partial charge in [-0.1, -0.05) is 102 Å². The molecule has 3 aromatic rings. The third kappa shape index (κ3) is 20.3. The fourth-order valence-electron chi connectivity index (χ4n) is 3.99. The number of benzene rings is 1. The molecular weight excluding hydrogens is 614 g/mol. The van der Waals surface area contributed by atoms with Crippen LogP contribution in [0.15, 0.2) is 36.7 Å². The van der Waals surface area contributed by atoms with Crippen LogP contribution < -0.4 is 5.32 Å². The Hall–Kier alpha value is -2.97. The standard InChI is InChI=1S/C25H30F2N6.C5H12.C4H10.C3H8.2C2H6/c1-16(2)33-9-7-32(8-10-33)15-19-5-6-23(28-13-19)30-25-29-14-22(27)24(31-25)20-11-17(3)18(4)21(26)12-20;1-4-5(2)3;1-4(2)3;1-3-2;2*1-2/h5-6,11-14,16H,7-10,15H2,1-4H3,(H,28,29,30,31);5H,4H2,1-3H3;4H,1-3H3;3H2,1-2H3;2*1-2H3. The van der Waals surface area contributed by atoms with Crippen molar-refractivity contribution >= 4 is 11.8 Å². The van der Waals surface area contributed by atoms with Gasteiger partial charge in [-0.25, -0.2) is 23.7 Å². The van der Waals surface area contributed by atoms with E-state index in [2.05, 4.69) is 99.3 Å². The second-order valence-corrected chi connectivity index (χ2v) is 13.1. The van der Waals surface area contributed by atoms with E-state index in [4.69, 9.17) is 0 Å². The monoisotopic (exact) mass is 687 g/mol. The molecule has 1 N–H and O–H groups in total. The molecule has 0 radical (unpaired) electrons. The summed E-state index contributed by atoms with van der Waals surface area (Å²) in [6.45, 7) is 38.5. The second kappa shape index (κ2) is 27.8. The molecule has 4 rings (SSSR count). The minimum Gasteiger partial charge on any atom is -0.309 e. The van der Waals surface area contributed by atoms with Gasteiger partial charge < -0.3 is 5.32 Å². The van der Waals surface area contributed by atoms with Crippen molar-refractivity contribution in [2.75, 3.05) is 31.5 Å². The van der Waals surface area contributed by atoms with E-state index in [9.17, 15) is 8.78 Å². The number of hydrogen-bond donors (Lipinski definition) is 1. The Balaban J connectivity index is 0. The van der Waals surface area contributed by atoms with Crippen LogP contribution in [0, 0.1) is 37.3 Å². The van der Waals surface area contributed by atoms with E-state index in [1.54, 1.807) is 19.9 Å². The van der Waals surface area contributed by atoms with E-state index in [0.717, 1.165) is 61.9 Å². The predicted octanol–water partition coefficient (Wildman–Crippen LogP) is 11.9. The molecular formula is C41H72F2N6. The summed E-state index contributed by atoms with van der Waals surface area (Å²) in [5.74, 6) is 1.49. The molecule has 1 saturated heterocycles. The van der Waals surface area contributed by atoms with Crippen molar-refractivity contribution < 1.29 is 8.78 Å². The number of pyridine rings is 1. The average molecular weight is 687 g/mol. The lowest BCUT2D eigenvalue weighted by Crippen LogP contribution is -2.48. The lowest BCUT2D eigenvalue weighted by atomic mass is 10.0. The number of halogens is 2. The second-order valence-electron chi connectivity index (χ2n) is 13.1. The van der Waals surface area contributed by atoms with Crippen molar-refractivity contribution in [1.82, 2.24) is 24.8 Å². The van der Waals surface area contributed by atoms with Crippen molar-refractivity contribution in [2.45, 2.75) is 136 Å². The van der Waals surface area contributed by atoms with Gasteiger partial charge in [0, 0.05) is 50.5 Å². The highest BCUT2D eigenvalue weighted by Gasteiger charge is 2.19. The van der Waals surface area contributed by atoms with Crippen molar-refractivity contribution in [3.05, 3.63) is 65.0 Å². The molecule has 0 atom stereocenters. The zero-order valence-corrected chi connectivity index (χ0v) is 34.1. The summed E-state index contributed by atoms with van der Waals surface area (Å²) >= 11 is 0. The number of anilines is 2. The third-order valence-corrected chi connectivity index (χ3v) is 7.05. The van der Waals surface area contributed by atoms with Crippen molar-refractivity contribution in [3.63, 3.8) is 0 Å². The van der Waals surface area contributed by atoms with Gasteiger partial charge >= 0.3 is 0 Å². The molecule has 280 valence electrons. The lowest BCUT2D eigenvalue weighted by Gasteiger charge is -2.36. The molecule has 1 fully saturated rings. The summed E-state index contributed by atoms with van der Waals surface area (Å²) in [4.78, 5) is 17.7. The van der Waals surface area contributed by atoms with Gasteiger partial charge in [-0.05, 0) is 74.4 Å². The number of aromatic nitrogens is 3. The summed E-state index contributed by atoms with van der Waals surface area (Å²) in [6.07, 6.45) is 5.48. The van der Waals surface area contributed by atoms with Crippen LogP contribution in [0.25, 0.3) is 11.3 Å². The summed E-state index contributed by atoms with van der Waals surface area (Å²) in [5, 5.41) is 3.02. The quantitative estimate of drug-likeness (QED) is 0.267. The summed E-state index contributed by atoms with van der Waals surface area (Å²) in [7, 11) is 0. The minimum atomic E-state index is -0.607. The Bertz CT molecular complexity index is 1210. The fourth-order valence-corrected chi connectivity index (χ4v) is 3.99. The van der Waals surface area contributed by atoms with Gasteiger partial charge in [0.1, 0.15) is 17.3 Å². The topological polar surface area (TPSA) is 57.2 Å². The van der Waals surface area contributed by atoms with Crippen LogP contribution in [-0.2, 0) is 6.54 Å². The number of nitrogens with one attached hydrogen (secondary N) is 1. The van der Waals surface area contributed by atoms with Gasteiger partial charge in [0.2, 0.25) is 5.95 Å². The SMILES string of the molecule is CC.CC.CC(C)C.CCC.CCC(C)C.Cc1cc(-c2nc(Nc3ccc(CN4CCN(C(C)C)CC4)cn3)ncc2F)cc(F)c1C. The Morgan fingerprint density at radius 1 is 0.776 bits per heavy atom. The fraction of sp³-hybridized carbons (Fsp3) is 0.634. The Morgan fingerprint density at radius 2 is 1.31 bits per heavy atom. The third-order valence-electron chi connectivity index (χ3n) is 7.05. The largest absolute Gasteiger partial charge is 0.309 e. The van der Waals surface area contributed by atoms with Crippen molar-refractivity contribution in [1.29, 1.82) is 0 Å². The summed E-state index contributed by atoms with van der Waals surface area (Å²) in [5.41, 5.74) is 2.83. The Morgan fingerprint density at radius 3 is 1.73 bits per heavy atom. The van der Waals surface area contributed by atoms with Crippen molar-refractivity contribution in [2.24, 2.45) is 11.8 Å². The van der Waals surface area contributed by atoms with Crippen LogP contribution in [0.4, 0.5) is 20.5 Å². The Labute approximate surface area is 300 Å². The number of piperazine rings is 1. The molecule has 0 bridgehead atoms. The van der Waals surface area contributed by atoms with Crippen molar-refractivity contribution in [3.8, 4) is 11.3 Å². The first kappa shape index (κ1) is 48.1. The molecule has 0 unspecified atom stereocenters. The molecule has 0 amide bonds. The number of aryl methyl sites for hydroxylation is 1. The molecule has 0 aliphatic carbocycles. The highest BCUT2D eigenvalue weighted by Crippen LogP contribution is 2.26. The molecule has 3 heterocycles. The van der Waals surface area contributed by atoms with Gasteiger partial charge in [0.25, 0.3) is 0 Å². The first-order chi connectivity index (χ1) is 23.2. The van der Waals surface area contributed by atoms with Crippen LogP contribution in [0.2, 0.25) is 0 Å². The molecule has 1 aliphatic heterocycles. The molecule has 8 heteroatoms. The van der Waals surface area contributed by atoms with Crippen LogP contribution in [-0.4, -0.2) is 57.0 Å². The molecule has 2 aromatic heterocycles. The molecule has 1 aromatic carbocycles. The van der Waals surface area contributed by atoms with E-state index in [0.29, 0.717) is 23.0 Å². The van der Waals surface area contributed by atoms with Crippen LogP contribution in [0.1, 0.15) is 126 Å². The first-order valence-electron chi connectivity index (χ1n) is 18.7. The van der Waals surface area contributed by atoms with E-state index in [1.807, 2.05) is 46.0 Å². The van der Waals surface area contributed by atoms with Crippen LogP contribution >= 0.6 is 0 Å². The maximum atomic E-state index is 14.4. The smallest absolute Gasteiger partial charge is 0.229 e. The van der Waals surface area contributed by atoms with E-state index in [-0.39, 0.29) is 17.5 Å². The molecule has 0 spiro atoms. The molecule has 0 saturated carbocycles. The van der Waals surface area contributed by atoms with E-state index < -0.39 is 5.82 Å². The first-order valence-corrected chi connectivity index (χ1v) is 18.7. The highest BCUT2D eigenvalue weighted by molar-refractivity contribution is 5.63. The molecule has 49 heavy (non-hydrogen) atoms. The van der Waals surface area contributed by atoms with Gasteiger partial charge in [0.15, 0.2) is 5.82 Å². The number of hydrogen-bond acceptors (Lipinski definition) is 6.